The molecule has 10 nitrogen and oxygen atoms in total. The van der Waals surface area contributed by atoms with E-state index in [4.69, 9.17) is 4.74 Å². The van der Waals surface area contributed by atoms with Crippen LogP contribution in [-0.4, -0.2) is 82.5 Å². The highest BCUT2D eigenvalue weighted by Gasteiger charge is 2.24. The second-order valence-electron chi connectivity index (χ2n) is 8.56. The smallest absolute Gasteiger partial charge is 0.258 e. The number of nitrogens with zero attached hydrogens (tertiary/aromatic N) is 5. The number of carbonyl (C=O) groups excluding carboxylic acids is 1. The Hall–Kier alpha value is -3.66. The summed E-state index contributed by atoms with van der Waals surface area (Å²) >= 11 is 0. The highest BCUT2D eigenvalue weighted by atomic mass is 16.5. The van der Waals surface area contributed by atoms with Crippen LogP contribution in [-0.2, 0) is 4.79 Å². The van der Waals surface area contributed by atoms with Crippen LogP contribution in [0.3, 0.4) is 0 Å². The van der Waals surface area contributed by atoms with Crippen LogP contribution in [0.4, 0.5) is 11.5 Å². The molecular formula is C23H27N7O3. The lowest BCUT2D eigenvalue weighted by Gasteiger charge is -2.36. The molecule has 3 aromatic rings. The number of piperazine rings is 1. The van der Waals surface area contributed by atoms with Crippen molar-refractivity contribution in [1.29, 1.82) is 0 Å². The van der Waals surface area contributed by atoms with Crippen LogP contribution in [0, 0.1) is 6.92 Å². The number of carbonyl (C=O) groups is 1. The van der Waals surface area contributed by atoms with Crippen molar-refractivity contribution in [3.05, 3.63) is 35.7 Å². The highest BCUT2D eigenvalue weighted by molar-refractivity contribution is 6.06. The third-order valence-electron chi connectivity index (χ3n) is 6.07. The van der Waals surface area contributed by atoms with Gasteiger partial charge in [0.15, 0.2) is 12.5 Å². The lowest BCUT2D eigenvalue weighted by Crippen LogP contribution is -2.51. The molecule has 172 valence electrons. The molecule has 10 heteroatoms. The summed E-state index contributed by atoms with van der Waals surface area (Å²) in [4.78, 5) is 33.3. The zero-order chi connectivity index (χ0) is 22.9. The number of benzene rings is 1. The minimum absolute atomic E-state index is 0.00220. The van der Waals surface area contributed by atoms with Gasteiger partial charge in [0.25, 0.3) is 5.91 Å². The number of aliphatic imine (C=N–C) groups is 1. The van der Waals surface area contributed by atoms with E-state index in [9.17, 15) is 9.90 Å². The fourth-order valence-electron chi connectivity index (χ4n) is 4.38. The first-order valence-electron chi connectivity index (χ1n) is 11.1. The lowest BCUT2D eigenvalue weighted by molar-refractivity contribution is -0.123. The largest absolute Gasteiger partial charge is 0.494 e. The van der Waals surface area contributed by atoms with E-state index in [1.807, 2.05) is 26.0 Å². The third kappa shape index (κ3) is 4.34. The van der Waals surface area contributed by atoms with Crippen LogP contribution < -0.4 is 15.0 Å². The predicted octanol–water partition coefficient (Wildman–Crippen LogP) is 1.74. The van der Waals surface area contributed by atoms with E-state index in [-0.39, 0.29) is 24.4 Å². The van der Waals surface area contributed by atoms with Crippen LogP contribution in [0.5, 0.6) is 11.6 Å². The van der Waals surface area contributed by atoms with Crippen LogP contribution in [0.1, 0.15) is 18.1 Å². The van der Waals surface area contributed by atoms with E-state index in [0.29, 0.717) is 22.6 Å². The van der Waals surface area contributed by atoms with Crippen LogP contribution in [0.25, 0.3) is 11.0 Å². The predicted molar refractivity (Wildman–Crippen MR) is 126 cm³/mol. The molecule has 0 saturated carbocycles. The van der Waals surface area contributed by atoms with Gasteiger partial charge in [-0.05, 0) is 25.5 Å². The van der Waals surface area contributed by atoms with E-state index in [1.165, 1.54) is 6.33 Å². The molecule has 0 aliphatic carbocycles. The van der Waals surface area contributed by atoms with Crippen molar-refractivity contribution in [2.24, 2.45) is 4.99 Å². The van der Waals surface area contributed by atoms with Gasteiger partial charge >= 0.3 is 0 Å². The Balaban J connectivity index is 1.57. The van der Waals surface area contributed by atoms with E-state index >= 15 is 0 Å². The first-order chi connectivity index (χ1) is 16.0. The summed E-state index contributed by atoms with van der Waals surface area (Å²) in [6.07, 6.45) is 3.12. The number of amides is 1. The van der Waals surface area contributed by atoms with Crippen molar-refractivity contribution in [3.63, 3.8) is 0 Å². The monoisotopic (exact) mass is 449 g/mol. The molecule has 1 saturated heterocycles. The van der Waals surface area contributed by atoms with Crippen molar-refractivity contribution in [1.82, 2.24) is 25.2 Å². The third-order valence-corrected chi connectivity index (χ3v) is 6.07. The maximum absolute atomic E-state index is 12.4. The van der Waals surface area contributed by atoms with Gasteiger partial charge in [-0.25, -0.2) is 9.97 Å². The van der Waals surface area contributed by atoms with Crippen molar-refractivity contribution >= 4 is 34.7 Å². The van der Waals surface area contributed by atoms with Crippen LogP contribution >= 0.6 is 0 Å². The van der Waals surface area contributed by atoms with Crippen LogP contribution in [0.2, 0.25) is 0 Å². The molecule has 1 fully saturated rings. The number of nitrogens with one attached hydrogen (secondary N) is 2. The standard InChI is InChI=1S/C23H27N7O3/c1-14-3-4-16-9-18(14)33-12-19(31)27-15(2)11-29-5-7-30(8-6-29)22-20-17(10-24-16)23(32)28-21(20)25-13-26-22/h3-4,9-10,13,15,32H,5-8,11-12H2,1-2H3,(H,27,31)(H,25,26,28)/t15-/m0/s1. The Bertz CT molecular complexity index is 1210. The molecule has 33 heavy (non-hydrogen) atoms. The van der Waals surface area contributed by atoms with E-state index in [2.05, 4.69) is 35.1 Å². The average Bonchev–Trinajstić information content (AvgIpc) is 3.12. The summed E-state index contributed by atoms with van der Waals surface area (Å²) < 4.78 is 5.79. The molecule has 3 aliphatic rings. The quantitative estimate of drug-likeness (QED) is 0.478. The summed E-state index contributed by atoms with van der Waals surface area (Å²) in [5.41, 5.74) is 2.66. The molecule has 3 N–H and O–H groups in total. The van der Waals surface area contributed by atoms with Gasteiger partial charge in [-0.15, -0.1) is 0 Å². The molecule has 0 unspecified atom stereocenters. The van der Waals surface area contributed by atoms with Crippen molar-refractivity contribution < 1.29 is 14.6 Å². The van der Waals surface area contributed by atoms with Gasteiger partial charge in [0.1, 0.15) is 23.5 Å². The molecule has 0 spiro atoms. The number of hydrogen-bond donors (Lipinski definition) is 3. The number of aromatic amines is 1. The number of aryl methyl sites for hydroxylation is 1. The summed E-state index contributed by atoms with van der Waals surface area (Å²) in [6.45, 7) is 7.86. The fraction of sp³-hybridized carbons (Fsp3) is 0.391. The number of rotatable bonds is 0. The highest BCUT2D eigenvalue weighted by Crippen LogP contribution is 2.32. The second-order valence-corrected chi connectivity index (χ2v) is 8.56. The molecule has 5 heterocycles. The topological polar surface area (TPSA) is 119 Å². The molecule has 4 bridgehead atoms. The SMILES string of the molecule is Cc1ccc2cc1OCC(=O)N[C@@H](C)CN1CCN(CC1)c1ncnc3[nH]c(O)c(c13)C=N2. The second kappa shape index (κ2) is 8.70. The normalized spacial score (nSPS) is 21.4. The average molecular weight is 450 g/mol. The summed E-state index contributed by atoms with van der Waals surface area (Å²) in [7, 11) is 0. The number of H-pyrrole nitrogens is 1. The minimum Gasteiger partial charge on any atom is -0.494 e. The van der Waals surface area contributed by atoms with E-state index in [0.717, 1.165) is 49.5 Å². The summed E-state index contributed by atoms with van der Waals surface area (Å²) in [5, 5.41) is 14.4. The van der Waals surface area contributed by atoms with Gasteiger partial charge < -0.3 is 25.0 Å². The first-order valence-corrected chi connectivity index (χ1v) is 11.1. The van der Waals surface area contributed by atoms with E-state index < -0.39 is 0 Å². The Labute approximate surface area is 191 Å². The van der Waals surface area contributed by atoms with Gasteiger partial charge in [0.2, 0.25) is 0 Å². The Kier molecular flexibility index (Phi) is 5.59. The van der Waals surface area contributed by atoms with Gasteiger partial charge in [0, 0.05) is 51.0 Å². The first kappa shape index (κ1) is 21.2. The molecule has 0 radical (unpaired) electrons. The van der Waals surface area contributed by atoms with Gasteiger partial charge in [-0.3, -0.25) is 14.7 Å². The number of fused-ring (bicyclic) bond motifs is 7. The minimum atomic E-state index is -0.152. The lowest BCUT2D eigenvalue weighted by atomic mass is 10.2. The Morgan fingerprint density at radius 2 is 2.00 bits per heavy atom. The Morgan fingerprint density at radius 1 is 1.18 bits per heavy atom. The molecule has 1 aromatic carbocycles. The van der Waals surface area contributed by atoms with E-state index in [1.54, 1.807) is 12.3 Å². The zero-order valence-corrected chi connectivity index (χ0v) is 18.7. The molecular weight excluding hydrogens is 422 g/mol. The Morgan fingerprint density at radius 3 is 2.82 bits per heavy atom. The van der Waals surface area contributed by atoms with Gasteiger partial charge in [-0.1, -0.05) is 6.07 Å². The summed E-state index contributed by atoms with van der Waals surface area (Å²) in [5.74, 6) is 1.21. The van der Waals surface area contributed by atoms with Gasteiger partial charge in [-0.2, -0.15) is 0 Å². The molecule has 2 aromatic heterocycles. The maximum atomic E-state index is 12.4. The van der Waals surface area contributed by atoms with Crippen molar-refractivity contribution in [2.75, 3.05) is 44.2 Å². The number of aromatic nitrogens is 3. The fourth-order valence-corrected chi connectivity index (χ4v) is 4.38. The molecule has 3 aliphatic heterocycles. The van der Waals surface area contributed by atoms with Crippen LogP contribution in [0.15, 0.2) is 29.5 Å². The summed E-state index contributed by atoms with van der Waals surface area (Å²) in [6, 6.07) is 5.54. The molecule has 6 rings (SSSR count). The zero-order valence-electron chi connectivity index (χ0n) is 18.7. The van der Waals surface area contributed by atoms with Crippen molar-refractivity contribution in [2.45, 2.75) is 19.9 Å². The number of aromatic hydroxyl groups is 1. The number of hydrogen-bond acceptors (Lipinski definition) is 8. The number of anilines is 1. The van der Waals surface area contributed by atoms with Gasteiger partial charge in [0.05, 0.1) is 16.6 Å². The number of ether oxygens (including phenoxy) is 1. The molecule has 1 atom stereocenters. The van der Waals surface area contributed by atoms with Crippen molar-refractivity contribution in [3.8, 4) is 11.6 Å². The maximum Gasteiger partial charge on any atom is 0.258 e. The molecule has 1 amide bonds.